The van der Waals surface area contributed by atoms with Crippen molar-refractivity contribution in [2.24, 2.45) is 11.8 Å². The van der Waals surface area contributed by atoms with Crippen LogP contribution in [0.4, 0.5) is 0 Å². The van der Waals surface area contributed by atoms with Crippen LogP contribution in [0.1, 0.15) is 52.4 Å². The fourth-order valence-electron chi connectivity index (χ4n) is 3.37. The number of benzene rings is 1. The Morgan fingerprint density at radius 1 is 1.10 bits per heavy atom. The molecule has 1 aliphatic rings. The van der Waals surface area contributed by atoms with Crippen molar-refractivity contribution >= 4 is 0 Å². The van der Waals surface area contributed by atoms with Crippen molar-refractivity contribution in [2.75, 3.05) is 13.2 Å². The molecule has 0 heterocycles. The molecular weight excluding hydrogens is 258 g/mol. The molecule has 0 aromatic heterocycles. The molecule has 2 atom stereocenters. The lowest BCUT2D eigenvalue weighted by molar-refractivity contribution is 0.196. The lowest BCUT2D eigenvalue weighted by Crippen LogP contribution is -2.34. The fourth-order valence-corrected chi connectivity index (χ4v) is 3.37. The maximum Gasteiger partial charge on any atom is 0.119 e. The Morgan fingerprint density at radius 2 is 1.81 bits per heavy atom. The van der Waals surface area contributed by atoms with Gasteiger partial charge in [0.05, 0.1) is 6.61 Å². The smallest absolute Gasteiger partial charge is 0.119 e. The molecule has 0 spiro atoms. The Labute approximate surface area is 130 Å². The summed E-state index contributed by atoms with van der Waals surface area (Å²) < 4.78 is 5.81. The second kappa shape index (κ2) is 9.09. The van der Waals surface area contributed by atoms with E-state index >= 15 is 0 Å². The molecule has 0 saturated heterocycles. The van der Waals surface area contributed by atoms with Gasteiger partial charge < -0.3 is 10.1 Å². The molecule has 2 rings (SSSR count). The van der Waals surface area contributed by atoms with Crippen LogP contribution >= 0.6 is 0 Å². The summed E-state index contributed by atoms with van der Waals surface area (Å²) >= 11 is 0. The van der Waals surface area contributed by atoms with Crippen LogP contribution in [0, 0.1) is 11.8 Å². The van der Waals surface area contributed by atoms with Crippen LogP contribution in [-0.2, 0) is 0 Å². The van der Waals surface area contributed by atoms with Crippen LogP contribution in [-0.4, -0.2) is 19.2 Å². The maximum atomic E-state index is 5.81. The first-order chi connectivity index (χ1) is 10.3. The zero-order valence-corrected chi connectivity index (χ0v) is 13.7. The van der Waals surface area contributed by atoms with E-state index in [1.807, 2.05) is 30.3 Å². The van der Waals surface area contributed by atoms with Crippen molar-refractivity contribution in [3.8, 4) is 5.75 Å². The standard InChI is InChI=1S/C19H31NO/c1-16(2)20-15-18-10-7-6-9-17(18)11-8-14-21-19-12-4-3-5-13-19/h3-5,12-13,16-18,20H,6-11,14-15H2,1-2H3. The number of ether oxygens (including phenoxy) is 1. The van der Waals surface area contributed by atoms with E-state index in [2.05, 4.69) is 19.2 Å². The molecule has 118 valence electrons. The van der Waals surface area contributed by atoms with Gasteiger partial charge in [0.15, 0.2) is 0 Å². The van der Waals surface area contributed by atoms with Gasteiger partial charge in [-0.15, -0.1) is 0 Å². The number of hydrogen-bond acceptors (Lipinski definition) is 2. The normalized spacial score (nSPS) is 22.4. The largest absolute Gasteiger partial charge is 0.494 e. The predicted molar refractivity (Wildman–Crippen MR) is 89.8 cm³/mol. The van der Waals surface area contributed by atoms with Crippen molar-refractivity contribution in [1.82, 2.24) is 5.32 Å². The van der Waals surface area contributed by atoms with Crippen molar-refractivity contribution in [3.63, 3.8) is 0 Å². The predicted octanol–water partition coefficient (Wildman–Crippen LogP) is 4.65. The highest BCUT2D eigenvalue weighted by molar-refractivity contribution is 5.20. The second-order valence-corrected chi connectivity index (χ2v) is 6.67. The van der Waals surface area contributed by atoms with Crippen LogP contribution in [0.5, 0.6) is 5.75 Å². The molecule has 2 heteroatoms. The minimum absolute atomic E-state index is 0.606. The summed E-state index contributed by atoms with van der Waals surface area (Å²) in [6.45, 7) is 6.53. The summed E-state index contributed by atoms with van der Waals surface area (Å²) in [5.74, 6) is 2.77. The number of para-hydroxylation sites is 1. The van der Waals surface area contributed by atoms with Crippen molar-refractivity contribution in [1.29, 1.82) is 0 Å². The van der Waals surface area contributed by atoms with Gasteiger partial charge in [-0.3, -0.25) is 0 Å². The molecule has 0 bridgehead atoms. The number of rotatable bonds is 8. The van der Waals surface area contributed by atoms with E-state index in [9.17, 15) is 0 Å². The maximum absolute atomic E-state index is 5.81. The van der Waals surface area contributed by atoms with Crippen LogP contribution in [0.15, 0.2) is 30.3 Å². The number of hydrogen-bond donors (Lipinski definition) is 1. The first-order valence-corrected chi connectivity index (χ1v) is 8.67. The molecule has 1 N–H and O–H groups in total. The summed E-state index contributed by atoms with van der Waals surface area (Å²) in [7, 11) is 0. The summed E-state index contributed by atoms with van der Waals surface area (Å²) in [5.41, 5.74) is 0. The zero-order valence-electron chi connectivity index (χ0n) is 13.7. The summed E-state index contributed by atoms with van der Waals surface area (Å²) in [6, 6.07) is 10.8. The molecule has 1 aromatic carbocycles. The number of nitrogens with one attached hydrogen (secondary N) is 1. The quantitative estimate of drug-likeness (QED) is 0.703. The highest BCUT2D eigenvalue weighted by Gasteiger charge is 2.24. The Kier molecular flexibility index (Phi) is 7.08. The van der Waals surface area contributed by atoms with Crippen LogP contribution in [0.2, 0.25) is 0 Å². The third-order valence-corrected chi connectivity index (χ3v) is 4.59. The average Bonchev–Trinajstić information content (AvgIpc) is 2.51. The molecule has 0 radical (unpaired) electrons. The van der Waals surface area contributed by atoms with E-state index in [1.165, 1.54) is 45.1 Å². The third kappa shape index (κ3) is 6.09. The molecule has 0 amide bonds. The Morgan fingerprint density at radius 3 is 2.52 bits per heavy atom. The molecule has 1 fully saturated rings. The van der Waals surface area contributed by atoms with E-state index in [0.717, 1.165) is 24.2 Å². The fraction of sp³-hybridized carbons (Fsp3) is 0.684. The van der Waals surface area contributed by atoms with Gasteiger partial charge in [-0.05, 0) is 49.8 Å². The van der Waals surface area contributed by atoms with E-state index in [-0.39, 0.29) is 0 Å². The van der Waals surface area contributed by atoms with E-state index in [1.54, 1.807) is 0 Å². The SMILES string of the molecule is CC(C)NCC1CCCCC1CCCOc1ccccc1. The summed E-state index contributed by atoms with van der Waals surface area (Å²) in [5, 5.41) is 3.63. The summed E-state index contributed by atoms with van der Waals surface area (Å²) in [4.78, 5) is 0. The molecule has 1 aromatic rings. The van der Waals surface area contributed by atoms with Crippen LogP contribution < -0.4 is 10.1 Å². The minimum atomic E-state index is 0.606. The van der Waals surface area contributed by atoms with Crippen molar-refractivity contribution in [2.45, 2.75) is 58.4 Å². The third-order valence-electron chi connectivity index (χ3n) is 4.59. The van der Waals surface area contributed by atoms with Crippen molar-refractivity contribution < 1.29 is 4.74 Å². The molecule has 1 saturated carbocycles. The lowest BCUT2D eigenvalue weighted by atomic mass is 9.77. The van der Waals surface area contributed by atoms with Crippen LogP contribution in [0.25, 0.3) is 0 Å². The van der Waals surface area contributed by atoms with Gasteiger partial charge in [0.25, 0.3) is 0 Å². The molecular formula is C19H31NO. The molecule has 2 nitrogen and oxygen atoms in total. The molecule has 1 aliphatic carbocycles. The molecule has 2 unspecified atom stereocenters. The zero-order chi connectivity index (χ0) is 14.9. The molecule has 21 heavy (non-hydrogen) atoms. The van der Waals surface area contributed by atoms with Gasteiger partial charge in [-0.25, -0.2) is 0 Å². The van der Waals surface area contributed by atoms with Crippen LogP contribution in [0.3, 0.4) is 0 Å². The monoisotopic (exact) mass is 289 g/mol. The lowest BCUT2D eigenvalue weighted by Gasteiger charge is -2.32. The Bertz CT molecular complexity index is 376. The van der Waals surface area contributed by atoms with Crippen molar-refractivity contribution in [3.05, 3.63) is 30.3 Å². The highest BCUT2D eigenvalue weighted by atomic mass is 16.5. The minimum Gasteiger partial charge on any atom is -0.494 e. The average molecular weight is 289 g/mol. The Balaban J connectivity index is 1.67. The second-order valence-electron chi connectivity index (χ2n) is 6.67. The Hall–Kier alpha value is -1.02. The highest BCUT2D eigenvalue weighted by Crippen LogP contribution is 2.32. The van der Waals surface area contributed by atoms with Gasteiger partial charge in [0, 0.05) is 6.04 Å². The van der Waals surface area contributed by atoms with Gasteiger partial charge >= 0.3 is 0 Å². The topological polar surface area (TPSA) is 21.3 Å². The van der Waals surface area contributed by atoms with E-state index < -0.39 is 0 Å². The van der Waals surface area contributed by atoms with Gasteiger partial charge in [-0.1, -0.05) is 51.3 Å². The first-order valence-electron chi connectivity index (χ1n) is 8.67. The van der Waals surface area contributed by atoms with E-state index in [4.69, 9.17) is 4.74 Å². The first kappa shape index (κ1) is 16.4. The van der Waals surface area contributed by atoms with Gasteiger partial charge in [0.2, 0.25) is 0 Å². The van der Waals surface area contributed by atoms with E-state index in [0.29, 0.717) is 6.04 Å². The van der Waals surface area contributed by atoms with Gasteiger partial charge in [0.1, 0.15) is 5.75 Å². The van der Waals surface area contributed by atoms with Gasteiger partial charge in [-0.2, -0.15) is 0 Å². The summed E-state index contributed by atoms with van der Waals surface area (Å²) in [6.07, 6.45) is 8.15. The molecule has 0 aliphatic heterocycles.